The van der Waals surface area contributed by atoms with Crippen molar-refractivity contribution in [1.29, 1.82) is 0 Å². The van der Waals surface area contributed by atoms with Crippen molar-refractivity contribution in [3.63, 3.8) is 0 Å². The number of amides is 2. The average molecular weight is 345 g/mol. The Morgan fingerprint density at radius 3 is 2.60 bits per heavy atom. The molecule has 3 rings (SSSR count). The zero-order chi connectivity index (χ0) is 17.5. The van der Waals surface area contributed by atoms with Crippen molar-refractivity contribution in [1.82, 2.24) is 20.1 Å². The molecule has 1 N–H and O–H groups in total. The van der Waals surface area contributed by atoms with E-state index in [0.29, 0.717) is 0 Å². The van der Waals surface area contributed by atoms with Crippen LogP contribution in [0.4, 0.5) is 10.6 Å². The summed E-state index contributed by atoms with van der Waals surface area (Å²) in [5, 5.41) is 3.08. The minimum absolute atomic E-state index is 0.0768. The molecule has 1 aromatic heterocycles. The molecule has 3 heterocycles. The van der Waals surface area contributed by atoms with Gasteiger partial charge in [0.1, 0.15) is 5.82 Å². The Labute approximate surface area is 151 Å². The van der Waals surface area contributed by atoms with E-state index in [1.807, 2.05) is 29.3 Å². The minimum atomic E-state index is 0.0768. The highest BCUT2D eigenvalue weighted by Gasteiger charge is 2.21. The molecule has 2 aliphatic heterocycles. The van der Waals surface area contributed by atoms with E-state index in [1.54, 1.807) is 0 Å². The molecule has 0 radical (unpaired) electrons. The zero-order valence-electron chi connectivity index (χ0n) is 15.4. The molecule has 0 spiro atoms. The Morgan fingerprint density at radius 2 is 1.92 bits per heavy atom. The van der Waals surface area contributed by atoms with E-state index in [-0.39, 0.29) is 6.03 Å². The van der Waals surface area contributed by atoms with Crippen molar-refractivity contribution < 1.29 is 4.79 Å². The van der Waals surface area contributed by atoms with Crippen LogP contribution in [0.2, 0.25) is 0 Å². The first-order valence-corrected chi connectivity index (χ1v) is 9.63. The van der Waals surface area contributed by atoms with E-state index < -0.39 is 0 Å². The van der Waals surface area contributed by atoms with E-state index in [0.717, 1.165) is 57.4 Å². The molecule has 0 aromatic carbocycles. The summed E-state index contributed by atoms with van der Waals surface area (Å²) in [5.41, 5.74) is 0. The van der Waals surface area contributed by atoms with Crippen LogP contribution in [0.3, 0.4) is 0 Å². The van der Waals surface area contributed by atoms with Crippen LogP contribution in [0.5, 0.6) is 0 Å². The number of rotatable bonds is 5. The normalized spacial score (nSPS) is 19.9. The van der Waals surface area contributed by atoms with Crippen LogP contribution in [0.15, 0.2) is 24.4 Å². The highest BCUT2D eigenvalue weighted by molar-refractivity contribution is 5.74. The molecule has 0 bridgehead atoms. The number of piperidine rings is 1. The molecular weight excluding hydrogens is 314 g/mol. The monoisotopic (exact) mass is 345 g/mol. The second-order valence-electron chi connectivity index (χ2n) is 7.27. The summed E-state index contributed by atoms with van der Waals surface area (Å²) in [6, 6.07) is 6.03. The maximum Gasteiger partial charge on any atom is 0.317 e. The van der Waals surface area contributed by atoms with Crippen LogP contribution in [0.25, 0.3) is 0 Å². The molecular formula is C19H31N5O. The van der Waals surface area contributed by atoms with Gasteiger partial charge >= 0.3 is 6.03 Å². The van der Waals surface area contributed by atoms with Gasteiger partial charge in [0.25, 0.3) is 0 Å². The number of aromatic nitrogens is 1. The molecule has 0 aliphatic carbocycles. The number of hydrogen-bond donors (Lipinski definition) is 1. The van der Waals surface area contributed by atoms with E-state index in [2.05, 4.69) is 27.0 Å². The third-order valence-electron chi connectivity index (χ3n) is 5.34. The van der Waals surface area contributed by atoms with Crippen molar-refractivity contribution >= 4 is 11.8 Å². The van der Waals surface area contributed by atoms with Crippen LogP contribution in [-0.4, -0.2) is 73.2 Å². The second kappa shape index (κ2) is 9.04. The molecule has 2 aliphatic rings. The topological polar surface area (TPSA) is 51.7 Å². The van der Waals surface area contributed by atoms with Gasteiger partial charge in [0.2, 0.25) is 0 Å². The van der Waals surface area contributed by atoms with Crippen molar-refractivity contribution in [2.45, 2.75) is 26.2 Å². The van der Waals surface area contributed by atoms with Gasteiger partial charge in [-0.2, -0.15) is 0 Å². The molecule has 138 valence electrons. The highest BCUT2D eigenvalue weighted by Crippen LogP contribution is 2.16. The number of urea groups is 1. The first-order valence-electron chi connectivity index (χ1n) is 9.63. The van der Waals surface area contributed by atoms with Gasteiger partial charge in [0.05, 0.1) is 0 Å². The Bertz CT molecular complexity index is 522. The number of nitrogens with one attached hydrogen (secondary N) is 1. The third kappa shape index (κ3) is 5.33. The lowest BCUT2D eigenvalue weighted by Crippen LogP contribution is -2.52. The maximum atomic E-state index is 12.3. The molecule has 1 aromatic rings. The van der Waals surface area contributed by atoms with Crippen LogP contribution in [-0.2, 0) is 0 Å². The van der Waals surface area contributed by atoms with Gasteiger partial charge in [0.15, 0.2) is 0 Å². The summed E-state index contributed by atoms with van der Waals surface area (Å²) in [5.74, 6) is 1.87. The number of likely N-dealkylation sites (tertiary alicyclic amines) is 1. The lowest BCUT2D eigenvalue weighted by Gasteiger charge is -2.35. The predicted octanol–water partition coefficient (Wildman–Crippen LogP) is 2.04. The molecule has 2 fully saturated rings. The third-order valence-corrected chi connectivity index (χ3v) is 5.34. The quantitative estimate of drug-likeness (QED) is 0.830. The van der Waals surface area contributed by atoms with Crippen molar-refractivity contribution in [3.8, 4) is 0 Å². The van der Waals surface area contributed by atoms with E-state index in [4.69, 9.17) is 0 Å². The van der Waals surface area contributed by atoms with Crippen molar-refractivity contribution in [2.24, 2.45) is 5.92 Å². The number of pyridine rings is 1. The lowest BCUT2D eigenvalue weighted by molar-refractivity contribution is 0.184. The first-order chi connectivity index (χ1) is 12.2. The van der Waals surface area contributed by atoms with Gasteiger partial charge in [-0.15, -0.1) is 0 Å². The lowest BCUT2D eigenvalue weighted by atomic mass is 9.99. The van der Waals surface area contributed by atoms with Gasteiger partial charge in [-0.3, -0.25) is 0 Å². The van der Waals surface area contributed by atoms with E-state index in [1.165, 1.54) is 25.9 Å². The van der Waals surface area contributed by atoms with Gasteiger partial charge < -0.3 is 20.0 Å². The maximum absolute atomic E-state index is 12.3. The predicted molar refractivity (Wildman–Crippen MR) is 101 cm³/mol. The summed E-state index contributed by atoms with van der Waals surface area (Å²) in [7, 11) is 0. The number of hydrogen-bond acceptors (Lipinski definition) is 4. The average Bonchev–Trinajstić information content (AvgIpc) is 2.67. The molecule has 2 saturated heterocycles. The Balaban J connectivity index is 1.30. The fraction of sp³-hybridized carbons (Fsp3) is 0.684. The Morgan fingerprint density at radius 1 is 1.16 bits per heavy atom. The van der Waals surface area contributed by atoms with Crippen molar-refractivity contribution in [2.75, 3.05) is 57.3 Å². The molecule has 0 unspecified atom stereocenters. The summed E-state index contributed by atoms with van der Waals surface area (Å²) in [6.45, 7) is 9.83. The van der Waals surface area contributed by atoms with Gasteiger partial charge in [0, 0.05) is 38.9 Å². The number of carbonyl (C=O) groups excluding carboxylic acids is 1. The summed E-state index contributed by atoms with van der Waals surface area (Å²) >= 11 is 0. The van der Waals surface area contributed by atoms with Crippen LogP contribution < -0.4 is 10.2 Å². The van der Waals surface area contributed by atoms with Crippen LogP contribution >= 0.6 is 0 Å². The number of nitrogens with zero attached hydrogens (tertiary/aromatic N) is 4. The minimum Gasteiger partial charge on any atom is -0.353 e. The largest absolute Gasteiger partial charge is 0.353 e. The fourth-order valence-corrected chi connectivity index (χ4v) is 3.57. The van der Waals surface area contributed by atoms with Gasteiger partial charge in [-0.25, -0.2) is 9.78 Å². The summed E-state index contributed by atoms with van der Waals surface area (Å²) in [6.07, 6.45) is 5.48. The summed E-state index contributed by atoms with van der Waals surface area (Å²) < 4.78 is 0. The fourth-order valence-electron chi connectivity index (χ4n) is 3.57. The smallest absolute Gasteiger partial charge is 0.317 e. The van der Waals surface area contributed by atoms with Crippen LogP contribution in [0, 0.1) is 5.92 Å². The molecule has 6 heteroatoms. The molecule has 0 atom stereocenters. The number of anilines is 1. The van der Waals surface area contributed by atoms with E-state index >= 15 is 0 Å². The molecule has 2 amide bonds. The molecule has 0 saturated carbocycles. The molecule has 25 heavy (non-hydrogen) atoms. The van der Waals surface area contributed by atoms with Gasteiger partial charge in [-0.1, -0.05) is 13.0 Å². The Hall–Kier alpha value is -1.82. The van der Waals surface area contributed by atoms with E-state index in [9.17, 15) is 4.79 Å². The number of piperazine rings is 1. The highest BCUT2D eigenvalue weighted by atomic mass is 16.2. The molecule has 6 nitrogen and oxygen atoms in total. The number of carbonyl (C=O) groups is 1. The van der Waals surface area contributed by atoms with Crippen molar-refractivity contribution in [3.05, 3.63) is 24.4 Å². The first kappa shape index (κ1) is 18.0. The SMILES string of the molecule is CC1CCN(CCCNC(=O)N2CCN(c3ccccn3)CC2)CC1. The zero-order valence-corrected chi connectivity index (χ0v) is 15.4. The van der Waals surface area contributed by atoms with Crippen LogP contribution in [0.1, 0.15) is 26.2 Å². The van der Waals surface area contributed by atoms with Gasteiger partial charge in [-0.05, 0) is 56.9 Å². The summed E-state index contributed by atoms with van der Waals surface area (Å²) in [4.78, 5) is 23.4. The second-order valence-corrected chi connectivity index (χ2v) is 7.27. The standard InChI is InChI=1S/C19H31N5O/c1-17-6-11-22(12-7-17)10-4-9-21-19(25)24-15-13-23(14-16-24)18-5-2-3-8-20-18/h2-3,5,8,17H,4,6-7,9-16H2,1H3,(H,21,25). The Kier molecular flexibility index (Phi) is 6.50.